The molecule has 4 nitrogen and oxygen atoms in total. The predicted molar refractivity (Wildman–Crippen MR) is 109 cm³/mol. The molecule has 0 aliphatic rings. The number of aryl methyl sites for hydroxylation is 1. The normalized spacial score (nSPS) is 10.6. The number of carbonyl (C=O) groups excluding carboxylic acids is 1. The molecule has 1 aromatic heterocycles. The molecule has 0 saturated carbocycles. The van der Waals surface area contributed by atoms with Gasteiger partial charge < -0.3 is 0 Å². The highest BCUT2D eigenvalue weighted by molar-refractivity contribution is 9.10. The van der Waals surface area contributed by atoms with Crippen LogP contribution in [0.4, 0.5) is 5.13 Å². The number of nitrogens with one attached hydrogen (secondary N) is 1. The van der Waals surface area contributed by atoms with Gasteiger partial charge in [-0.3, -0.25) is 10.1 Å². The summed E-state index contributed by atoms with van der Waals surface area (Å²) in [6.45, 7) is 2.04. The fourth-order valence-corrected chi connectivity index (χ4v) is 3.90. The van der Waals surface area contributed by atoms with E-state index < -0.39 is 0 Å². The van der Waals surface area contributed by atoms with Gasteiger partial charge in [-0.1, -0.05) is 69.2 Å². The molecule has 0 atom stereocenters. The van der Waals surface area contributed by atoms with Gasteiger partial charge in [0.25, 0.3) is 0 Å². The van der Waals surface area contributed by atoms with E-state index in [1.165, 1.54) is 22.5 Å². The maximum absolute atomic E-state index is 12.0. The Morgan fingerprint density at radius 2 is 1.84 bits per heavy atom. The summed E-state index contributed by atoms with van der Waals surface area (Å²) < 4.78 is 1.06. The van der Waals surface area contributed by atoms with E-state index >= 15 is 0 Å². The highest BCUT2D eigenvalue weighted by Gasteiger charge is 2.10. The summed E-state index contributed by atoms with van der Waals surface area (Å²) in [6, 6.07) is 16.2. The lowest BCUT2D eigenvalue weighted by molar-refractivity contribution is -0.113. The van der Waals surface area contributed by atoms with Crippen LogP contribution in [0.15, 0.2) is 53.0 Å². The molecule has 7 heteroatoms. The summed E-state index contributed by atoms with van der Waals surface area (Å²) in [5, 5.41) is 12.4. The van der Waals surface area contributed by atoms with Crippen LogP contribution in [0.5, 0.6) is 0 Å². The van der Waals surface area contributed by atoms with Gasteiger partial charge in [0, 0.05) is 15.8 Å². The zero-order valence-electron chi connectivity index (χ0n) is 13.5. The zero-order valence-corrected chi connectivity index (χ0v) is 16.7. The lowest BCUT2D eigenvalue weighted by Gasteiger charge is -2.02. The number of carbonyl (C=O) groups is 1. The molecule has 0 bridgehead atoms. The van der Waals surface area contributed by atoms with E-state index in [1.807, 2.05) is 55.5 Å². The van der Waals surface area contributed by atoms with E-state index in [1.54, 1.807) is 11.8 Å². The summed E-state index contributed by atoms with van der Waals surface area (Å²) in [5.41, 5.74) is 3.40. The number of nitrogens with zero attached hydrogens (tertiary/aromatic N) is 2. The highest BCUT2D eigenvalue weighted by Crippen LogP contribution is 2.26. The summed E-state index contributed by atoms with van der Waals surface area (Å²) in [6.07, 6.45) is 0. The van der Waals surface area contributed by atoms with Crippen LogP contribution in [0.25, 0.3) is 10.6 Å². The fraction of sp³-hybridized carbons (Fsp3) is 0.167. The van der Waals surface area contributed by atoms with E-state index in [4.69, 9.17) is 0 Å². The van der Waals surface area contributed by atoms with Crippen molar-refractivity contribution in [3.8, 4) is 10.6 Å². The van der Waals surface area contributed by atoms with Crippen LogP contribution >= 0.6 is 39.0 Å². The van der Waals surface area contributed by atoms with Crippen LogP contribution < -0.4 is 5.32 Å². The summed E-state index contributed by atoms with van der Waals surface area (Å²) in [5.74, 6) is 1.12. The molecule has 0 radical (unpaired) electrons. The zero-order chi connectivity index (χ0) is 17.6. The molecule has 128 valence electrons. The smallest absolute Gasteiger partial charge is 0.236 e. The second-order valence-electron chi connectivity index (χ2n) is 5.45. The van der Waals surface area contributed by atoms with Crippen molar-refractivity contribution >= 4 is 50.1 Å². The monoisotopic (exact) mass is 433 g/mol. The average Bonchev–Trinajstić information content (AvgIpc) is 3.06. The van der Waals surface area contributed by atoms with Crippen LogP contribution in [0, 0.1) is 6.92 Å². The van der Waals surface area contributed by atoms with Crippen molar-refractivity contribution in [2.24, 2.45) is 0 Å². The number of hydrogen-bond donors (Lipinski definition) is 1. The molecule has 0 unspecified atom stereocenters. The Morgan fingerprint density at radius 3 is 2.56 bits per heavy atom. The molecule has 2 aromatic carbocycles. The molecule has 1 N–H and O–H groups in total. The Labute approximate surface area is 163 Å². The van der Waals surface area contributed by atoms with Crippen molar-refractivity contribution in [2.45, 2.75) is 12.7 Å². The van der Waals surface area contributed by atoms with Gasteiger partial charge in [0.15, 0.2) is 0 Å². The Kier molecular flexibility index (Phi) is 6.23. The molecule has 3 rings (SSSR count). The molecule has 0 fully saturated rings. The second kappa shape index (κ2) is 8.60. The third-order valence-electron chi connectivity index (χ3n) is 3.39. The van der Waals surface area contributed by atoms with Crippen LogP contribution in [0.3, 0.4) is 0 Å². The molecule has 0 aliphatic heterocycles. The van der Waals surface area contributed by atoms with Gasteiger partial charge in [0.05, 0.1) is 5.75 Å². The molecular formula is C18H16BrN3OS2. The number of thioether (sulfide) groups is 1. The Hall–Kier alpha value is -1.70. The summed E-state index contributed by atoms with van der Waals surface area (Å²) in [4.78, 5) is 12.0. The number of benzene rings is 2. The topological polar surface area (TPSA) is 54.9 Å². The number of amides is 1. The minimum absolute atomic E-state index is 0.0614. The molecule has 1 amide bonds. The van der Waals surface area contributed by atoms with Crippen molar-refractivity contribution in [3.63, 3.8) is 0 Å². The first kappa shape index (κ1) is 18.1. The van der Waals surface area contributed by atoms with Crippen LogP contribution in [-0.2, 0) is 10.5 Å². The van der Waals surface area contributed by atoms with Gasteiger partial charge in [0.2, 0.25) is 11.0 Å². The van der Waals surface area contributed by atoms with E-state index in [0.29, 0.717) is 10.9 Å². The SMILES string of the molecule is Cc1ccc(-c2nnc(NC(=O)CSCc3ccc(Br)cc3)s2)cc1. The van der Waals surface area contributed by atoms with Crippen LogP contribution in [0.2, 0.25) is 0 Å². The van der Waals surface area contributed by atoms with Gasteiger partial charge in [-0.15, -0.1) is 22.0 Å². The minimum Gasteiger partial charge on any atom is -0.300 e. The molecule has 0 aliphatic carbocycles. The van der Waals surface area contributed by atoms with Gasteiger partial charge in [-0.2, -0.15) is 0 Å². The quantitative estimate of drug-likeness (QED) is 0.583. The lowest BCUT2D eigenvalue weighted by Crippen LogP contribution is -2.13. The van der Waals surface area contributed by atoms with Crippen molar-refractivity contribution in [1.29, 1.82) is 0 Å². The Bertz CT molecular complexity index is 848. The maximum Gasteiger partial charge on any atom is 0.236 e. The standard InChI is InChI=1S/C18H16BrN3OS2/c1-12-2-6-14(7-3-12)17-21-22-18(25-17)20-16(23)11-24-10-13-4-8-15(19)9-5-13/h2-9H,10-11H2,1H3,(H,20,22,23). The summed E-state index contributed by atoms with van der Waals surface area (Å²) >= 11 is 6.37. The molecule has 0 spiro atoms. The summed E-state index contributed by atoms with van der Waals surface area (Å²) in [7, 11) is 0. The minimum atomic E-state index is -0.0614. The molecule has 25 heavy (non-hydrogen) atoms. The molecular weight excluding hydrogens is 418 g/mol. The van der Waals surface area contributed by atoms with Gasteiger partial charge in [0.1, 0.15) is 5.01 Å². The van der Waals surface area contributed by atoms with E-state index in [2.05, 4.69) is 31.4 Å². The average molecular weight is 434 g/mol. The highest BCUT2D eigenvalue weighted by atomic mass is 79.9. The second-order valence-corrected chi connectivity index (χ2v) is 8.32. The number of aromatic nitrogens is 2. The lowest BCUT2D eigenvalue weighted by atomic mass is 10.2. The third-order valence-corrected chi connectivity index (χ3v) is 5.81. The first-order valence-electron chi connectivity index (χ1n) is 7.63. The van der Waals surface area contributed by atoms with Crippen LogP contribution in [-0.4, -0.2) is 21.9 Å². The first-order valence-corrected chi connectivity index (χ1v) is 10.4. The van der Waals surface area contributed by atoms with E-state index in [9.17, 15) is 4.79 Å². The molecule has 0 saturated heterocycles. The Balaban J connectivity index is 1.49. The first-order chi connectivity index (χ1) is 12.1. The van der Waals surface area contributed by atoms with E-state index in [-0.39, 0.29) is 5.91 Å². The van der Waals surface area contributed by atoms with Crippen molar-refractivity contribution in [2.75, 3.05) is 11.1 Å². The van der Waals surface area contributed by atoms with Crippen molar-refractivity contribution in [1.82, 2.24) is 10.2 Å². The number of anilines is 1. The number of halogens is 1. The maximum atomic E-state index is 12.0. The predicted octanol–water partition coefficient (Wildman–Crippen LogP) is 5.15. The number of rotatable bonds is 6. The molecule has 1 heterocycles. The van der Waals surface area contributed by atoms with Gasteiger partial charge in [-0.05, 0) is 24.6 Å². The Morgan fingerprint density at radius 1 is 1.12 bits per heavy atom. The largest absolute Gasteiger partial charge is 0.300 e. The van der Waals surface area contributed by atoms with Crippen LogP contribution in [0.1, 0.15) is 11.1 Å². The fourth-order valence-electron chi connectivity index (χ4n) is 2.08. The third kappa shape index (κ3) is 5.39. The van der Waals surface area contributed by atoms with Crippen molar-refractivity contribution in [3.05, 3.63) is 64.1 Å². The number of hydrogen-bond acceptors (Lipinski definition) is 5. The van der Waals surface area contributed by atoms with Gasteiger partial charge >= 0.3 is 0 Å². The molecule has 3 aromatic rings. The van der Waals surface area contributed by atoms with Gasteiger partial charge in [-0.25, -0.2) is 0 Å². The van der Waals surface area contributed by atoms with E-state index in [0.717, 1.165) is 20.8 Å². The van der Waals surface area contributed by atoms with Crippen molar-refractivity contribution < 1.29 is 4.79 Å².